The predicted octanol–water partition coefficient (Wildman–Crippen LogP) is 2.89. The Hall–Kier alpha value is -0.0800. The van der Waals surface area contributed by atoms with Crippen LogP contribution in [0.25, 0.3) is 0 Å². The van der Waals surface area contributed by atoms with Crippen molar-refractivity contribution in [1.82, 2.24) is 10.2 Å². The summed E-state index contributed by atoms with van der Waals surface area (Å²) in [5.41, 5.74) is 0.469. The molecule has 0 bridgehead atoms. The average molecular weight is 226 g/mol. The first-order chi connectivity index (χ1) is 7.42. The van der Waals surface area contributed by atoms with Gasteiger partial charge >= 0.3 is 0 Å². The smallest absolute Gasteiger partial charge is 0.00933 e. The maximum Gasteiger partial charge on any atom is 0.00933 e. The van der Waals surface area contributed by atoms with Gasteiger partial charge in [-0.25, -0.2) is 0 Å². The van der Waals surface area contributed by atoms with Crippen molar-refractivity contribution < 1.29 is 0 Å². The minimum atomic E-state index is 0.469. The van der Waals surface area contributed by atoms with Crippen LogP contribution in [0.1, 0.15) is 52.9 Å². The van der Waals surface area contributed by atoms with Crippen molar-refractivity contribution in [3.8, 4) is 0 Å². The van der Waals surface area contributed by atoms with Gasteiger partial charge in [-0.15, -0.1) is 0 Å². The summed E-state index contributed by atoms with van der Waals surface area (Å²) in [4.78, 5) is 2.58. The molecule has 0 amide bonds. The zero-order valence-corrected chi connectivity index (χ0v) is 11.8. The Morgan fingerprint density at radius 1 is 1.12 bits per heavy atom. The molecule has 0 unspecified atom stereocenters. The standard InChI is InChI=1S/C14H30N2/c1-14(2,3)10-11-16(5)13-8-6-12(15-4)7-9-13/h12-13,15H,6-11H2,1-5H3. The molecule has 0 spiro atoms. The van der Waals surface area contributed by atoms with Gasteiger partial charge in [-0.05, 0) is 58.2 Å². The molecule has 0 atom stereocenters. The minimum absolute atomic E-state index is 0.469. The normalized spacial score (nSPS) is 27.4. The van der Waals surface area contributed by atoms with Gasteiger partial charge in [-0.3, -0.25) is 0 Å². The number of rotatable bonds is 4. The van der Waals surface area contributed by atoms with Crippen molar-refractivity contribution in [2.75, 3.05) is 20.6 Å². The van der Waals surface area contributed by atoms with Gasteiger partial charge in [0.25, 0.3) is 0 Å². The first-order valence-electron chi connectivity index (χ1n) is 6.80. The van der Waals surface area contributed by atoms with Crippen LogP contribution in [0.4, 0.5) is 0 Å². The number of hydrogen-bond donors (Lipinski definition) is 1. The minimum Gasteiger partial charge on any atom is -0.317 e. The number of hydrogen-bond acceptors (Lipinski definition) is 2. The van der Waals surface area contributed by atoms with Crippen molar-refractivity contribution in [3.63, 3.8) is 0 Å². The highest BCUT2D eigenvalue weighted by atomic mass is 15.1. The van der Waals surface area contributed by atoms with Crippen LogP contribution < -0.4 is 5.32 Å². The molecule has 1 rings (SSSR count). The van der Waals surface area contributed by atoms with Crippen molar-refractivity contribution in [3.05, 3.63) is 0 Å². The quantitative estimate of drug-likeness (QED) is 0.793. The Labute approximate surface area is 102 Å². The first kappa shape index (κ1) is 14.0. The van der Waals surface area contributed by atoms with E-state index in [-0.39, 0.29) is 0 Å². The molecule has 2 heteroatoms. The summed E-state index contributed by atoms with van der Waals surface area (Å²) in [6, 6.07) is 1.60. The summed E-state index contributed by atoms with van der Waals surface area (Å²) >= 11 is 0. The van der Waals surface area contributed by atoms with E-state index in [0.717, 1.165) is 12.1 Å². The summed E-state index contributed by atoms with van der Waals surface area (Å²) in [7, 11) is 4.39. The van der Waals surface area contributed by atoms with Gasteiger partial charge in [0.2, 0.25) is 0 Å². The van der Waals surface area contributed by atoms with Gasteiger partial charge in [-0.2, -0.15) is 0 Å². The SMILES string of the molecule is CNC1CCC(N(C)CCC(C)(C)C)CC1. The lowest BCUT2D eigenvalue weighted by atomic mass is 9.88. The van der Waals surface area contributed by atoms with E-state index in [0.29, 0.717) is 5.41 Å². The Kier molecular flexibility index (Phi) is 5.26. The third-order valence-corrected chi connectivity index (χ3v) is 3.94. The molecule has 0 aliphatic heterocycles. The van der Waals surface area contributed by atoms with Crippen LogP contribution in [0.2, 0.25) is 0 Å². The van der Waals surface area contributed by atoms with Gasteiger partial charge < -0.3 is 10.2 Å². The van der Waals surface area contributed by atoms with E-state index < -0.39 is 0 Å². The second kappa shape index (κ2) is 6.02. The van der Waals surface area contributed by atoms with Crippen LogP contribution in [0, 0.1) is 5.41 Å². The van der Waals surface area contributed by atoms with Crippen molar-refractivity contribution >= 4 is 0 Å². The van der Waals surface area contributed by atoms with E-state index in [4.69, 9.17) is 0 Å². The monoisotopic (exact) mass is 226 g/mol. The molecule has 1 aliphatic rings. The van der Waals surface area contributed by atoms with E-state index in [1.54, 1.807) is 0 Å². The molecule has 1 N–H and O–H groups in total. The summed E-state index contributed by atoms with van der Waals surface area (Å²) in [6.07, 6.45) is 6.73. The summed E-state index contributed by atoms with van der Waals surface area (Å²) in [6.45, 7) is 8.24. The summed E-state index contributed by atoms with van der Waals surface area (Å²) < 4.78 is 0. The van der Waals surface area contributed by atoms with E-state index in [1.165, 1.54) is 38.6 Å². The molecule has 96 valence electrons. The molecule has 16 heavy (non-hydrogen) atoms. The predicted molar refractivity (Wildman–Crippen MR) is 71.8 cm³/mol. The highest BCUT2D eigenvalue weighted by Gasteiger charge is 2.23. The Balaban J connectivity index is 2.25. The van der Waals surface area contributed by atoms with Gasteiger partial charge in [0.05, 0.1) is 0 Å². The van der Waals surface area contributed by atoms with Crippen molar-refractivity contribution in [2.24, 2.45) is 5.41 Å². The first-order valence-corrected chi connectivity index (χ1v) is 6.80. The Bertz CT molecular complexity index is 187. The van der Waals surface area contributed by atoms with Gasteiger partial charge in [0.1, 0.15) is 0 Å². The Morgan fingerprint density at radius 3 is 2.12 bits per heavy atom. The van der Waals surface area contributed by atoms with Crippen LogP contribution in [-0.4, -0.2) is 37.6 Å². The lowest BCUT2D eigenvalue weighted by molar-refractivity contribution is 0.158. The second-order valence-electron chi connectivity index (χ2n) is 6.59. The average Bonchev–Trinajstić information content (AvgIpc) is 2.25. The molecule has 1 fully saturated rings. The van der Waals surface area contributed by atoms with Crippen LogP contribution in [0.5, 0.6) is 0 Å². The molecule has 1 aliphatic carbocycles. The number of nitrogens with zero attached hydrogens (tertiary/aromatic N) is 1. The van der Waals surface area contributed by atoms with E-state index >= 15 is 0 Å². The van der Waals surface area contributed by atoms with Gasteiger partial charge in [-0.1, -0.05) is 20.8 Å². The lowest BCUT2D eigenvalue weighted by Crippen LogP contribution is -2.40. The van der Waals surface area contributed by atoms with E-state index in [9.17, 15) is 0 Å². The molecular formula is C14H30N2. The highest BCUT2D eigenvalue weighted by Crippen LogP contribution is 2.24. The fraction of sp³-hybridized carbons (Fsp3) is 1.00. The fourth-order valence-electron chi connectivity index (χ4n) is 2.50. The van der Waals surface area contributed by atoms with Crippen LogP contribution in [-0.2, 0) is 0 Å². The largest absolute Gasteiger partial charge is 0.317 e. The lowest BCUT2D eigenvalue weighted by Gasteiger charge is -2.35. The van der Waals surface area contributed by atoms with Crippen molar-refractivity contribution in [2.45, 2.75) is 65.0 Å². The fourth-order valence-corrected chi connectivity index (χ4v) is 2.50. The van der Waals surface area contributed by atoms with Crippen LogP contribution in [0.3, 0.4) is 0 Å². The molecule has 0 aromatic carbocycles. The Morgan fingerprint density at radius 2 is 1.69 bits per heavy atom. The second-order valence-corrected chi connectivity index (χ2v) is 6.59. The molecule has 0 aromatic heterocycles. The molecule has 0 heterocycles. The topological polar surface area (TPSA) is 15.3 Å². The third kappa shape index (κ3) is 4.84. The zero-order valence-electron chi connectivity index (χ0n) is 11.8. The van der Waals surface area contributed by atoms with Gasteiger partial charge in [0, 0.05) is 12.1 Å². The summed E-state index contributed by atoms with van der Waals surface area (Å²) in [5.74, 6) is 0. The van der Waals surface area contributed by atoms with Crippen molar-refractivity contribution in [1.29, 1.82) is 0 Å². The van der Waals surface area contributed by atoms with Crippen LogP contribution in [0.15, 0.2) is 0 Å². The van der Waals surface area contributed by atoms with E-state index in [1.807, 2.05) is 0 Å². The molecule has 0 aromatic rings. The number of nitrogens with one attached hydrogen (secondary N) is 1. The van der Waals surface area contributed by atoms with Gasteiger partial charge in [0.15, 0.2) is 0 Å². The molecule has 2 nitrogen and oxygen atoms in total. The maximum atomic E-state index is 3.40. The zero-order chi connectivity index (χ0) is 12.2. The molecular weight excluding hydrogens is 196 g/mol. The third-order valence-electron chi connectivity index (χ3n) is 3.94. The highest BCUT2D eigenvalue weighted by molar-refractivity contribution is 4.81. The molecule has 0 saturated heterocycles. The summed E-state index contributed by atoms with van der Waals surface area (Å²) in [5, 5.41) is 3.40. The maximum absolute atomic E-state index is 3.40. The molecule has 1 saturated carbocycles. The van der Waals surface area contributed by atoms with E-state index in [2.05, 4.69) is 45.1 Å². The molecule has 0 radical (unpaired) electrons. The van der Waals surface area contributed by atoms with Crippen LogP contribution >= 0.6 is 0 Å².